The van der Waals surface area contributed by atoms with E-state index in [2.05, 4.69) is 52.0 Å². The number of halogens is 2. The van der Waals surface area contributed by atoms with E-state index in [9.17, 15) is 9.18 Å². The van der Waals surface area contributed by atoms with Crippen molar-refractivity contribution in [1.82, 2.24) is 20.0 Å². The van der Waals surface area contributed by atoms with E-state index in [1.807, 2.05) is 12.3 Å². The number of piperidine rings is 1. The first kappa shape index (κ1) is 28.2. The second kappa shape index (κ2) is 12.1. The summed E-state index contributed by atoms with van der Waals surface area (Å²) >= 11 is 6.68. The molecule has 2 aromatic rings. The Labute approximate surface area is 247 Å². The lowest BCUT2D eigenvalue weighted by Crippen LogP contribution is -2.35. The molecule has 1 amide bonds. The van der Waals surface area contributed by atoms with E-state index in [-0.39, 0.29) is 17.6 Å². The van der Waals surface area contributed by atoms with Gasteiger partial charge >= 0.3 is 0 Å². The van der Waals surface area contributed by atoms with Crippen LogP contribution in [0, 0.1) is 17.7 Å². The third kappa shape index (κ3) is 6.30. The molecule has 3 fully saturated rings. The fourth-order valence-corrected chi connectivity index (χ4v) is 7.17. The molecular weight excluding hydrogens is 535 g/mol. The number of hydrogen-bond acceptors (Lipinski definition) is 3. The van der Waals surface area contributed by atoms with Gasteiger partial charge in [0.05, 0.1) is 12.2 Å². The Morgan fingerprint density at radius 2 is 2.05 bits per heavy atom. The maximum atomic E-state index is 14.8. The van der Waals surface area contributed by atoms with Crippen molar-refractivity contribution in [1.29, 1.82) is 0 Å². The topological polar surface area (TPSA) is 50.2 Å². The van der Waals surface area contributed by atoms with E-state index in [0.29, 0.717) is 35.2 Å². The molecule has 1 aromatic carbocycles. The van der Waals surface area contributed by atoms with Gasteiger partial charge in [-0.15, -0.1) is 5.73 Å². The van der Waals surface area contributed by atoms with Crippen LogP contribution in [-0.2, 0) is 4.79 Å². The number of carbonyl (C=O) groups excluding carboxylic acids is 1. The molecule has 41 heavy (non-hydrogen) atoms. The third-order valence-electron chi connectivity index (χ3n) is 9.49. The summed E-state index contributed by atoms with van der Waals surface area (Å²) in [5.74, 6) is 1.45. The molecule has 1 saturated heterocycles. The minimum absolute atomic E-state index is 0.0948. The molecule has 3 unspecified atom stereocenters. The van der Waals surface area contributed by atoms with Gasteiger partial charge in [0.1, 0.15) is 5.82 Å². The van der Waals surface area contributed by atoms with Crippen molar-refractivity contribution >= 4 is 23.1 Å². The van der Waals surface area contributed by atoms with E-state index < -0.39 is 0 Å². The van der Waals surface area contributed by atoms with E-state index in [1.54, 1.807) is 13.1 Å². The van der Waals surface area contributed by atoms with Crippen molar-refractivity contribution in [2.24, 2.45) is 11.8 Å². The lowest BCUT2D eigenvalue weighted by molar-refractivity contribution is -0.120. The predicted molar refractivity (Wildman–Crippen MR) is 162 cm³/mol. The maximum absolute atomic E-state index is 14.8. The lowest BCUT2D eigenvalue weighted by atomic mass is 9.87. The molecule has 0 spiro atoms. The number of nitrogens with zero attached hydrogens (tertiary/aromatic N) is 3. The highest BCUT2D eigenvalue weighted by Crippen LogP contribution is 2.56. The number of allylic oxidation sites excluding steroid dienone is 5. The monoisotopic (exact) mass is 574 g/mol. The Bertz CT molecular complexity index is 1420. The van der Waals surface area contributed by atoms with Gasteiger partial charge in [0.2, 0.25) is 5.91 Å². The summed E-state index contributed by atoms with van der Waals surface area (Å²) in [7, 11) is 1.69. The molecule has 4 aliphatic rings. The van der Waals surface area contributed by atoms with Gasteiger partial charge < -0.3 is 10.2 Å². The number of nitrogens with one attached hydrogen (secondary N) is 1. The molecule has 3 atom stereocenters. The first-order chi connectivity index (χ1) is 19.9. The van der Waals surface area contributed by atoms with E-state index in [0.717, 1.165) is 80.4 Å². The molecule has 5 nitrogen and oxygen atoms in total. The average molecular weight is 575 g/mol. The summed E-state index contributed by atoms with van der Waals surface area (Å²) in [5.41, 5.74) is 8.77. The molecule has 6 rings (SSSR count). The van der Waals surface area contributed by atoms with Crippen LogP contribution >= 0.6 is 11.6 Å². The first-order valence-electron chi connectivity index (χ1n) is 15.2. The van der Waals surface area contributed by atoms with Crippen LogP contribution in [0.4, 0.5) is 4.39 Å². The second-order valence-corrected chi connectivity index (χ2v) is 12.6. The fourth-order valence-electron chi connectivity index (χ4n) is 6.83. The number of hydrogen-bond donors (Lipinski definition) is 1. The van der Waals surface area contributed by atoms with Gasteiger partial charge in [-0.25, -0.2) is 4.39 Å². The zero-order chi connectivity index (χ0) is 28.5. The minimum Gasteiger partial charge on any atom is -0.359 e. The highest BCUT2D eigenvalue weighted by atomic mass is 35.5. The van der Waals surface area contributed by atoms with Crippen LogP contribution in [0.5, 0.6) is 0 Å². The van der Waals surface area contributed by atoms with Crippen LogP contribution in [0.1, 0.15) is 86.4 Å². The van der Waals surface area contributed by atoms with Crippen molar-refractivity contribution in [3.63, 3.8) is 0 Å². The number of benzene rings is 1. The zero-order valence-corrected chi connectivity index (χ0v) is 24.8. The van der Waals surface area contributed by atoms with Crippen molar-refractivity contribution in [2.45, 2.75) is 69.7 Å². The van der Waals surface area contributed by atoms with Crippen LogP contribution in [0.15, 0.2) is 60.1 Å². The van der Waals surface area contributed by atoms with Gasteiger partial charge in [0, 0.05) is 43.3 Å². The lowest BCUT2D eigenvalue weighted by Gasteiger charge is -2.32. The smallest absolute Gasteiger partial charge is 0.219 e. The van der Waals surface area contributed by atoms with E-state index in [4.69, 9.17) is 16.7 Å². The van der Waals surface area contributed by atoms with Crippen molar-refractivity contribution < 1.29 is 9.18 Å². The number of amides is 1. The Morgan fingerprint density at radius 1 is 1.24 bits per heavy atom. The molecule has 0 radical (unpaired) electrons. The number of rotatable bonds is 10. The van der Waals surface area contributed by atoms with Crippen molar-refractivity contribution in [3.05, 3.63) is 87.7 Å². The first-order valence-corrected chi connectivity index (χ1v) is 15.6. The van der Waals surface area contributed by atoms with Crippen LogP contribution in [0.3, 0.4) is 0 Å². The third-order valence-corrected chi connectivity index (χ3v) is 9.82. The van der Waals surface area contributed by atoms with Gasteiger partial charge in [0.25, 0.3) is 0 Å². The van der Waals surface area contributed by atoms with Crippen LogP contribution < -0.4 is 5.32 Å². The average Bonchev–Trinajstić information content (AvgIpc) is 3.91. The quantitative estimate of drug-likeness (QED) is 0.306. The van der Waals surface area contributed by atoms with Gasteiger partial charge in [0.15, 0.2) is 0 Å². The maximum Gasteiger partial charge on any atom is 0.219 e. The summed E-state index contributed by atoms with van der Waals surface area (Å²) in [6.07, 6.45) is 19.5. The highest BCUT2D eigenvalue weighted by Gasteiger charge is 2.45. The number of aromatic nitrogens is 2. The second-order valence-electron chi connectivity index (χ2n) is 12.2. The molecule has 0 bridgehead atoms. The van der Waals surface area contributed by atoms with Crippen LogP contribution in [0.2, 0.25) is 5.02 Å². The minimum atomic E-state index is -0.0948. The number of likely N-dealkylation sites (tertiary alicyclic amines) is 1. The molecule has 1 aromatic heterocycles. The van der Waals surface area contributed by atoms with E-state index in [1.165, 1.54) is 11.6 Å². The normalized spacial score (nSPS) is 23.6. The van der Waals surface area contributed by atoms with Crippen LogP contribution in [-0.4, -0.2) is 47.3 Å². The van der Waals surface area contributed by atoms with E-state index >= 15 is 0 Å². The predicted octanol–water partition coefficient (Wildman–Crippen LogP) is 7.19. The molecule has 2 saturated carbocycles. The fraction of sp³-hybridized carbons (Fsp3) is 0.500. The Morgan fingerprint density at radius 3 is 2.80 bits per heavy atom. The van der Waals surface area contributed by atoms with Crippen molar-refractivity contribution in [3.8, 4) is 0 Å². The largest absolute Gasteiger partial charge is 0.359 e. The molecule has 2 heterocycles. The summed E-state index contributed by atoms with van der Waals surface area (Å²) < 4.78 is 17.0. The Kier molecular flexibility index (Phi) is 8.35. The van der Waals surface area contributed by atoms with Crippen molar-refractivity contribution in [2.75, 3.05) is 26.7 Å². The highest BCUT2D eigenvalue weighted by molar-refractivity contribution is 6.31. The Hall–Kier alpha value is -2.92. The summed E-state index contributed by atoms with van der Waals surface area (Å²) in [6.45, 7) is 5.26. The zero-order valence-electron chi connectivity index (χ0n) is 24.1. The standard InChI is InChI=1S/C34H40ClFN4O/c1-22(33-30(35)11-12-31(36)34(33)23-9-10-23)28-19-29(28)25-7-4-3-6-24(18-25)26-20-38-40(21-26)27-13-16-39(17-14-27)15-5-8-32(41)37-2/h4,6-7,11-12,18,20-23,27-29H,5,8-10,13-17,19H2,1-2H3,(H,37,41). The summed E-state index contributed by atoms with van der Waals surface area (Å²) in [5, 5.41) is 8.17. The molecule has 3 aliphatic carbocycles. The molecule has 1 N–H and O–H groups in total. The number of carbonyl (C=O) groups is 1. The SMILES string of the molecule is CNC(=O)CCCN1CCC(n2cc(C3=CC(C4CC4C(C)c4c(Cl)ccc(F)c4C4CC4)=CC=C=C3)cn2)CC1. The van der Waals surface area contributed by atoms with Gasteiger partial charge in [-0.1, -0.05) is 30.7 Å². The molecular formula is C34H40ClFN4O. The molecule has 7 heteroatoms. The summed E-state index contributed by atoms with van der Waals surface area (Å²) in [6, 6.07) is 3.66. The van der Waals surface area contributed by atoms with Gasteiger partial charge in [-0.3, -0.25) is 9.48 Å². The molecule has 1 aliphatic heterocycles. The van der Waals surface area contributed by atoms with Gasteiger partial charge in [-0.2, -0.15) is 5.10 Å². The van der Waals surface area contributed by atoms with Crippen LogP contribution in [0.25, 0.3) is 5.57 Å². The van der Waals surface area contributed by atoms with Gasteiger partial charge in [-0.05, 0) is 115 Å². The Balaban J connectivity index is 1.10. The summed E-state index contributed by atoms with van der Waals surface area (Å²) in [4.78, 5) is 14.0. The molecule has 216 valence electrons.